The minimum Gasteiger partial charge on any atom is -0.267 e. The van der Waals surface area contributed by atoms with Crippen molar-refractivity contribution in [3.05, 3.63) is 56.8 Å². The van der Waals surface area contributed by atoms with Gasteiger partial charge in [0.25, 0.3) is 11.8 Å². The van der Waals surface area contributed by atoms with Crippen LogP contribution in [0.4, 0.5) is 0 Å². The molecule has 1 aliphatic rings. The fourth-order valence-corrected chi connectivity index (χ4v) is 4.73. The summed E-state index contributed by atoms with van der Waals surface area (Å²) < 4.78 is 22.7. The molecular formula is C17H18N2O4S2. The fourth-order valence-electron chi connectivity index (χ4n) is 2.79. The lowest BCUT2D eigenvalue weighted by molar-refractivity contribution is 0.0849. The lowest BCUT2D eigenvalue weighted by atomic mass is 10.1. The molecular weight excluding hydrogens is 360 g/mol. The Hall–Kier alpha value is -2.19. The van der Waals surface area contributed by atoms with E-state index in [0.717, 1.165) is 25.5 Å². The first-order valence-electron chi connectivity index (χ1n) is 7.81. The zero-order chi connectivity index (χ0) is 18.0. The lowest BCUT2D eigenvalue weighted by Crippen LogP contribution is -2.41. The van der Waals surface area contributed by atoms with Crippen LogP contribution in [0.3, 0.4) is 0 Å². The third-order valence-corrected chi connectivity index (χ3v) is 5.97. The van der Waals surface area contributed by atoms with E-state index in [1.807, 2.05) is 6.07 Å². The van der Waals surface area contributed by atoms with Gasteiger partial charge < -0.3 is 0 Å². The Kier molecular flexibility index (Phi) is 4.91. The van der Waals surface area contributed by atoms with E-state index < -0.39 is 15.7 Å². The van der Waals surface area contributed by atoms with E-state index in [-0.39, 0.29) is 17.2 Å². The van der Waals surface area contributed by atoms with Crippen molar-refractivity contribution in [1.29, 1.82) is 0 Å². The Labute approximate surface area is 150 Å². The summed E-state index contributed by atoms with van der Waals surface area (Å²) in [5, 5.41) is 0. The van der Waals surface area contributed by atoms with Crippen molar-refractivity contribution in [2.45, 2.75) is 25.0 Å². The minimum absolute atomic E-state index is 0.138. The third-order valence-electron chi connectivity index (χ3n) is 3.88. The Balaban J connectivity index is 1.62. The summed E-state index contributed by atoms with van der Waals surface area (Å²) in [5.41, 5.74) is 6.81. The number of aryl methyl sites for hydroxylation is 2. The van der Waals surface area contributed by atoms with Crippen molar-refractivity contribution in [3.8, 4) is 0 Å². The topological polar surface area (TPSA) is 92.3 Å². The summed E-state index contributed by atoms with van der Waals surface area (Å²) in [6.07, 6.45) is 4.27. The van der Waals surface area contributed by atoms with Gasteiger partial charge in [-0.25, -0.2) is 8.42 Å². The molecule has 25 heavy (non-hydrogen) atoms. The minimum atomic E-state index is -3.18. The van der Waals surface area contributed by atoms with E-state index in [0.29, 0.717) is 10.4 Å². The first kappa shape index (κ1) is 17.6. The van der Waals surface area contributed by atoms with Gasteiger partial charge in [-0.1, -0.05) is 12.1 Å². The van der Waals surface area contributed by atoms with Crippen LogP contribution in [-0.4, -0.2) is 26.5 Å². The van der Waals surface area contributed by atoms with Gasteiger partial charge in [0.15, 0.2) is 9.84 Å². The largest absolute Gasteiger partial charge is 0.279 e. The summed E-state index contributed by atoms with van der Waals surface area (Å²) in [5.74, 6) is -0.978. The fraction of sp³-hybridized carbons (Fsp3) is 0.294. The summed E-state index contributed by atoms with van der Waals surface area (Å²) in [6.45, 7) is 0. The van der Waals surface area contributed by atoms with Crippen LogP contribution in [-0.2, 0) is 28.4 Å². The second-order valence-corrected chi connectivity index (χ2v) is 9.37. The number of thiophene rings is 1. The molecule has 1 aromatic heterocycles. The molecule has 0 unspecified atom stereocenters. The van der Waals surface area contributed by atoms with Gasteiger partial charge in [0.05, 0.1) is 10.6 Å². The lowest BCUT2D eigenvalue weighted by Gasteiger charge is -2.07. The average Bonchev–Trinajstić information content (AvgIpc) is 3.12. The SMILES string of the molecule is CS(=O)(=O)Cc1cccc(C(=O)NNC(=O)c2cc3c(s2)CCC3)c1. The van der Waals surface area contributed by atoms with Crippen LogP contribution in [0.2, 0.25) is 0 Å². The molecule has 132 valence electrons. The van der Waals surface area contributed by atoms with Gasteiger partial charge in [-0.05, 0) is 48.6 Å². The van der Waals surface area contributed by atoms with Gasteiger partial charge in [0.1, 0.15) is 0 Å². The van der Waals surface area contributed by atoms with Crippen molar-refractivity contribution in [1.82, 2.24) is 10.9 Å². The van der Waals surface area contributed by atoms with Gasteiger partial charge in [-0.2, -0.15) is 0 Å². The summed E-state index contributed by atoms with van der Waals surface area (Å²) >= 11 is 1.46. The number of carbonyl (C=O) groups excluding carboxylic acids is 2. The van der Waals surface area contributed by atoms with Crippen LogP contribution in [0, 0.1) is 0 Å². The van der Waals surface area contributed by atoms with E-state index in [1.165, 1.54) is 27.8 Å². The molecule has 1 heterocycles. The molecule has 0 atom stereocenters. The van der Waals surface area contributed by atoms with Crippen molar-refractivity contribution in [2.75, 3.05) is 6.26 Å². The maximum atomic E-state index is 12.2. The molecule has 3 rings (SSSR count). The highest BCUT2D eigenvalue weighted by Crippen LogP contribution is 2.30. The van der Waals surface area contributed by atoms with Crippen molar-refractivity contribution in [3.63, 3.8) is 0 Å². The molecule has 0 radical (unpaired) electrons. The van der Waals surface area contributed by atoms with Gasteiger partial charge in [0.2, 0.25) is 0 Å². The number of hydrazine groups is 1. The molecule has 2 amide bonds. The van der Waals surface area contributed by atoms with Gasteiger partial charge in [-0.3, -0.25) is 20.4 Å². The van der Waals surface area contributed by atoms with E-state index in [1.54, 1.807) is 18.2 Å². The van der Waals surface area contributed by atoms with Crippen molar-refractivity contribution in [2.24, 2.45) is 0 Å². The number of nitrogens with one attached hydrogen (secondary N) is 2. The van der Waals surface area contributed by atoms with Gasteiger partial charge in [-0.15, -0.1) is 11.3 Å². The van der Waals surface area contributed by atoms with Crippen LogP contribution in [0.25, 0.3) is 0 Å². The van der Waals surface area contributed by atoms with E-state index in [2.05, 4.69) is 10.9 Å². The Bertz CT molecular complexity index is 910. The zero-order valence-corrected chi connectivity index (χ0v) is 15.3. The molecule has 0 saturated carbocycles. The standard InChI is InChI=1S/C17H18N2O4S2/c1-25(22,23)10-11-4-2-6-13(8-11)16(20)18-19-17(21)15-9-12-5-3-7-14(12)24-15/h2,4,6,8-9H,3,5,7,10H2,1H3,(H,18,20)(H,19,21). The maximum Gasteiger partial charge on any atom is 0.279 e. The first-order chi connectivity index (χ1) is 11.8. The summed E-state index contributed by atoms with van der Waals surface area (Å²) in [7, 11) is -3.18. The quantitative estimate of drug-likeness (QED) is 0.794. The highest BCUT2D eigenvalue weighted by Gasteiger charge is 2.19. The molecule has 0 fully saturated rings. The zero-order valence-electron chi connectivity index (χ0n) is 13.7. The number of fused-ring (bicyclic) bond motifs is 1. The molecule has 2 aromatic rings. The van der Waals surface area contributed by atoms with E-state index >= 15 is 0 Å². The highest BCUT2D eigenvalue weighted by atomic mass is 32.2. The van der Waals surface area contributed by atoms with Crippen LogP contribution >= 0.6 is 11.3 Å². The molecule has 0 bridgehead atoms. The number of rotatable bonds is 4. The van der Waals surface area contributed by atoms with Crippen LogP contribution in [0.15, 0.2) is 30.3 Å². The van der Waals surface area contributed by atoms with Crippen molar-refractivity contribution >= 4 is 33.0 Å². The molecule has 1 aromatic carbocycles. The number of carbonyl (C=O) groups is 2. The molecule has 0 saturated heterocycles. The van der Waals surface area contributed by atoms with E-state index in [4.69, 9.17) is 0 Å². The monoisotopic (exact) mass is 378 g/mol. The van der Waals surface area contributed by atoms with Crippen molar-refractivity contribution < 1.29 is 18.0 Å². The Morgan fingerprint density at radius 3 is 2.60 bits per heavy atom. The second kappa shape index (κ2) is 6.97. The summed E-state index contributed by atoms with van der Waals surface area (Å²) in [6, 6.07) is 8.20. The molecule has 0 aliphatic heterocycles. The van der Waals surface area contributed by atoms with Gasteiger partial charge >= 0.3 is 0 Å². The van der Waals surface area contributed by atoms with Crippen LogP contribution in [0.1, 0.15) is 42.5 Å². The molecule has 1 aliphatic carbocycles. The highest BCUT2D eigenvalue weighted by molar-refractivity contribution is 7.89. The third kappa shape index (κ3) is 4.46. The average molecular weight is 378 g/mol. The van der Waals surface area contributed by atoms with Crippen LogP contribution in [0.5, 0.6) is 0 Å². The first-order valence-corrected chi connectivity index (χ1v) is 10.7. The number of hydrogen-bond donors (Lipinski definition) is 2. The molecule has 8 heteroatoms. The molecule has 6 nitrogen and oxygen atoms in total. The van der Waals surface area contributed by atoms with Gasteiger partial charge in [0, 0.05) is 16.7 Å². The number of hydrogen-bond acceptors (Lipinski definition) is 5. The van der Waals surface area contributed by atoms with Crippen LogP contribution < -0.4 is 10.9 Å². The predicted molar refractivity (Wildman–Crippen MR) is 96.3 cm³/mol. The van der Waals surface area contributed by atoms with E-state index in [9.17, 15) is 18.0 Å². The maximum absolute atomic E-state index is 12.2. The predicted octanol–water partition coefficient (Wildman–Crippen LogP) is 1.86. The molecule has 2 N–H and O–H groups in total. The number of amides is 2. The number of sulfone groups is 1. The summed E-state index contributed by atoms with van der Waals surface area (Å²) in [4.78, 5) is 26.1. The Morgan fingerprint density at radius 1 is 1.12 bits per heavy atom. The normalized spacial score (nSPS) is 13.3. The molecule has 0 spiro atoms. The Morgan fingerprint density at radius 2 is 1.88 bits per heavy atom. The smallest absolute Gasteiger partial charge is 0.267 e. The number of benzene rings is 1. The second-order valence-electron chi connectivity index (χ2n) is 6.09.